The standard InChI is InChI=1S/C21H28N4O4/c1-3-12-22-19(26)16-24(13-4-2)21(28)18-10-11-20(27)25(23-18)14-15-29-17-8-6-5-7-9-17/h5-11H,3-4,12-16H2,1-2H3,(H,22,26). The Morgan fingerprint density at radius 1 is 1.10 bits per heavy atom. The Labute approximate surface area is 170 Å². The highest BCUT2D eigenvalue weighted by atomic mass is 16.5. The first kappa shape index (κ1) is 22.1. The molecule has 0 bridgehead atoms. The van der Waals surface area contributed by atoms with Crippen molar-refractivity contribution in [3.8, 4) is 5.75 Å². The second-order valence-corrected chi connectivity index (χ2v) is 6.52. The van der Waals surface area contributed by atoms with E-state index in [0.29, 0.717) is 25.3 Å². The van der Waals surface area contributed by atoms with Crippen molar-refractivity contribution in [2.24, 2.45) is 0 Å². The van der Waals surface area contributed by atoms with Crippen molar-refractivity contribution in [3.63, 3.8) is 0 Å². The molecule has 0 spiro atoms. The van der Waals surface area contributed by atoms with E-state index < -0.39 is 0 Å². The lowest BCUT2D eigenvalue weighted by Gasteiger charge is -2.21. The van der Waals surface area contributed by atoms with E-state index >= 15 is 0 Å². The van der Waals surface area contributed by atoms with Crippen LogP contribution in [0.1, 0.15) is 37.2 Å². The second-order valence-electron chi connectivity index (χ2n) is 6.52. The molecule has 0 saturated carbocycles. The highest BCUT2D eigenvalue weighted by Gasteiger charge is 2.20. The number of rotatable bonds is 11. The first-order valence-electron chi connectivity index (χ1n) is 9.87. The van der Waals surface area contributed by atoms with Crippen LogP contribution in [0.3, 0.4) is 0 Å². The number of hydrogen-bond donors (Lipinski definition) is 1. The molecule has 0 atom stereocenters. The summed E-state index contributed by atoms with van der Waals surface area (Å²) in [5.41, 5.74) is -0.193. The molecular formula is C21H28N4O4. The Morgan fingerprint density at radius 2 is 1.86 bits per heavy atom. The van der Waals surface area contributed by atoms with Gasteiger partial charge in [0.25, 0.3) is 11.5 Å². The van der Waals surface area contributed by atoms with Crippen LogP contribution < -0.4 is 15.6 Å². The molecule has 1 aromatic carbocycles. The van der Waals surface area contributed by atoms with Crippen LogP contribution in [0, 0.1) is 0 Å². The molecule has 0 aliphatic rings. The monoisotopic (exact) mass is 400 g/mol. The molecule has 2 amide bonds. The smallest absolute Gasteiger partial charge is 0.274 e. The number of nitrogens with zero attached hydrogens (tertiary/aromatic N) is 3. The van der Waals surface area contributed by atoms with Gasteiger partial charge < -0.3 is 15.0 Å². The SMILES string of the molecule is CCCNC(=O)CN(CCC)C(=O)c1ccc(=O)n(CCOc2ccccc2)n1. The lowest BCUT2D eigenvalue weighted by molar-refractivity contribution is -0.121. The number of hydrogen-bond acceptors (Lipinski definition) is 5. The van der Waals surface area contributed by atoms with Crippen LogP contribution in [0.25, 0.3) is 0 Å². The van der Waals surface area contributed by atoms with E-state index in [-0.39, 0.29) is 42.8 Å². The summed E-state index contributed by atoms with van der Waals surface area (Å²) >= 11 is 0. The van der Waals surface area contributed by atoms with Crippen molar-refractivity contribution in [1.29, 1.82) is 0 Å². The molecule has 8 heteroatoms. The van der Waals surface area contributed by atoms with Gasteiger partial charge in [0.15, 0.2) is 0 Å². The van der Waals surface area contributed by atoms with Gasteiger partial charge in [-0.15, -0.1) is 0 Å². The molecule has 1 N–H and O–H groups in total. The molecule has 2 rings (SSSR count). The number of nitrogens with one attached hydrogen (secondary N) is 1. The van der Waals surface area contributed by atoms with Gasteiger partial charge in [0.2, 0.25) is 5.91 Å². The maximum Gasteiger partial charge on any atom is 0.274 e. The highest BCUT2D eigenvalue weighted by molar-refractivity contribution is 5.94. The Morgan fingerprint density at radius 3 is 2.55 bits per heavy atom. The zero-order valence-corrected chi connectivity index (χ0v) is 17.0. The van der Waals surface area contributed by atoms with Crippen molar-refractivity contribution in [3.05, 3.63) is 58.5 Å². The minimum absolute atomic E-state index is 0.0371. The molecule has 0 aliphatic carbocycles. The average molecular weight is 400 g/mol. The van der Waals surface area contributed by atoms with Crippen LogP contribution in [-0.2, 0) is 11.3 Å². The summed E-state index contributed by atoms with van der Waals surface area (Å²) in [6.07, 6.45) is 1.53. The molecule has 29 heavy (non-hydrogen) atoms. The molecule has 1 aromatic heterocycles. The second kappa shape index (κ2) is 11.6. The largest absolute Gasteiger partial charge is 0.492 e. The van der Waals surface area contributed by atoms with Crippen molar-refractivity contribution < 1.29 is 14.3 Å². The Hall–Kier alpha value is -3.16. The number of benzene rings is 1. The van der Waals surface area contributed by atoms with Crippen LogP contribution in [0.15, 0.2) is 47.3 Å². The number of carbonyl (C=O) groups is 2. The van der Waals surface area contributed by atoms with E-state index in [4.69, 9.17) is 4.74 Å². The normalized spacial score (nSPS) is 10.4. The van der Waals surface area contributed by atoms with Gasteiger partial charge in [-0.25, -0.2) is 4.68 Å². The molecule has 8 nitrogen and oxygen atoms in total. The molecular weight excluding hydrogens is 372 g/mol. The molecule has 0 unspecified atom stereocenters. The third kappa shape index (κ3) is 7.06. The van der Waals surface area contributed by atoms with Crippen molar-refractivity contribution >= 4 is 11.8 Å². The topological polar surface area (TPSA) is 93.5 Å². The van der Waals surface area contributed by atoms with E-state index in [2.05, 4.69) is 10.4 Å². The number of amides is 2. The molecule has 0 radical (unpaired) electrons. The van der Waals surface area contributed by atoms with Crippen molar-refractivity contribution in [2.45, 2.75) is 33.2 Å². The maximum atomic E-state index is 12.8. The number of carbonyl (C=O) groups excluding carboxylic acids is 2. The van der Waals surface area contributed by atoms with Gasteiger partial charge in [-0.1, -0.05) is 32.0 Å². The minimum Gasteiger partial charge on any atom is -0.492 e. The molecule has 0 fully saturated rings. The summed E-state index contributed by atoms with van der Waals surface area (Å²) in [6.45, 7) is 5.30. The summed E-state index contributed by atoms with van der Waals surface area (Å²) in [5, 5.41) is 6.94. The Kier molecular flexibility index (Phi) is 8.88. The zero-order valence-electron chi connectivity index (χ0n) is 17.0. The predicted molar refractivity (Wildman–Crippen MR) is 110 cm³/mol. The molecule has 1 heterocycles. The first-order valence-corrected chi connectivity index (χ1v) is 9.87. The number of aromatic nitrogens is 2. The summed E-state index contributed by atoms with van der Waals surface area (Å²) in [6, 6.07) is 12.0. The van der Waals surface area contributed by atoms with E-state index in [1.54, 1.807) is 0 Å². The van der Waals surface area contributed by atoms with Gasteiger partial charge in [0.1, 0.15) is 18.1 Å². The van der Waals surface area contributed by atoms with Gasteiger partial charge in [-0.3, -0.25) is 14.4 Å². The Balaban J connectivity index is 2.05. The summed E-state index contributed by atoms with van der Waals surface area (Å²) < 4.78 is 6.80. The fraction of sp³-hybridized carbons (Fsp3) is 0.429. The maximum absolute atomic E-state index is 12.8. The lowest BCUT2D eigenvalue weighted by Crippen LogP contribution is -2.42. The number of ether oxygens (including phenoxy) is 1. The summed E-state index contributed by atoms with van der Waals surface area (Å²) in [7, 11) is 0. The lowest BCUT2D eigenvalue weighted by atomic mass is 10.3. The van der Waals surface area contributed by atoms with Crippen LogP contribution in [-0.4, -0.2) is 52.7 Å². The average Bonchev–Trinajstić information content (AvgIpc) is 2.73. The summed E-state index contributed by atoms with van der Waals surface area (Å²) in [4.78, 5) is 38.4. The van der Waals surface area contributed by atoms with Crippen LogP contribution in [0.5, 0.6) is 5.75 Å². The van der Waals surface area contributed by atoms with Crippen molar-refractivity contribution in [1.82, 2.24) is 20.0 Å². The number of para-hydroxylation sites is 1. The van der Waals surface area contributed by atoms with Crippen molar-refractivity contribution in [2.75, 3.05) is 26.2 Å². The molecule has 0 saturated heterocycles. The third-order valence-corrected chi connectivity index (χ3v) is 4.09. The quantitative estimate of drug-likeness (QED) is 0.620. The van der Waals surface area contributed by atoms with E-state index in [1.165, 1.54) is 21.7 Å². The zero-order chi connectivity index (χ0) is 21.1. The predicted octanol–water partition coefficient (Wildman–Crippen LogP) is 1.70. The Bertz CT molecular complexity index is 851. The van der Waals surface area contributed by atoms with Gasteiger partial charge in [-0.05, 0) is 31.0 Å². The molecule has 2 aromatic rings. The highest BCUT2D eigenvalue weighted by Crippen LogP contribution is 2.08. The minimum atomic E-state index is -0.378. The molecule has 0 aliphatic heterocycles. The van der Waals surface area contributed by atoms with Crippen LogP contribution >= 0.6 is 0 Å². The van der Waals surface area contributed by atoms with E-state index in [1.807, 2.05) is 44.2 Å². The third-order valence-electron chi connectivity index (χ3n) is 4.09. The van der Waals surface area contributed by atoms with Gasteiger partial charge >= 0.3 is 0 Å². The fourth-order valence-electron chi connectivity index (χ4n) is 2.67. The van der Waals surface area contributed by atoms with Crippen LogP contribution in [0.2, 0.25) is 0 Å². The van der Waals surface area contributed by atoms with E-state index in [9.17, 15) is 14.4 Å². The van der Waals surface area contributed by atoms with E-state index in [0.717, 1.165) is 6.42 Å². The fourth-order valence-corrected chi connectivity index (χ4v) is 2.67. The molecule has 156 valence electrons. The summed E-state index contributed by atoms with van der Waals surface area (Å²) in [5.74, 6) is 0.106. The van der Waals surface area contributed by atoms with Gasteiger partial charge in [0.05, 0.1) is 13.1 Å². The van der Waals surface area contributed by atoms with Gasteiger partial charge in [-0.2, -0.15) is 5.10 Å². The van der Waals surface area contributed by atoms with Crippen LogP contribution in [0.4, 0.5) is 0 Å². The van der Waals surface area contributed by atoms with Gasteiger partial charge in [0, 0.05) is 19.2 Å². The first-order chi connectivity index (χ1) is 14.0.